The zero-order valence-corrected chi connectivity index (χ0v) is 12.3. The van der Waals surface area contributed by atoms with Gasteiger partial charge in [0.15, 0.2) is 0 Å². The highest BCUT2D eigenvalue weighted by atomic mass is 16.5. The molecule has 0 aliphatic carbocycles. The van der Waals surface area contributed by atoms with E-state index in [1.54, 1.807) is 0 Å². The number of rotatable bonds is 5. The average molecular weight is 276 g/mol. The van der Waals surface area contributed by atoms with Crippen LogP contribution in [-0.2, 0) is 22.4 Å². The number of ether oxygens (including phenoxy) is 1. The fourth-order valence-corrected chi connectivity index (χ4v) is 2.68. The fourth-order valence-electron chi connectivity index (χ4n) is 2.68. The van der Waals surface area contributed by atoms with E-state index in [0.29, 0.717) is 6.54 Å². The summed E-state index contributed by atoms with van der Waals surface area (Å²) in [4.78, 5) is 12.3. The Bertz CT molecular complexity index is 451. The van der Waals surface area contributed by atoms with Gasteiger partial charge in [0, 0.05) is 12.2 Å². The number of nitrogens with two attached hydrogens (primary N) is 1. The first kappa shape index (κ1) is 15.0. The average Bonchev–Trinajstić information content (AvgIpc) is 2.96. The van der Waals surface area contributed by atoms with E-state index >= 15 is 0 Å². The van der Waals surface area contributed by atoms with Crippen molar-refractivity contribution in [1.29, 1.82) is 0 Å². The number of anilines is 1. The summed E-state index contributed by atoms with van der Waals surface area (Å²) in [6.07, 6.45) is 3.09. The molecule has 0 saturated carbocycles. The van der Waals surface area contributed by atoms with Gasteiger partial charge in [-0.25, -0.2) is 0 Å². The zero-order chi connectivity index (χ0) is 14.5. The molecule has 20 heavy (non-hydrogen) atoms. The molecule has 4 nitrogen and oxygen atoms in total. The second-order valence-electron chi connectivity index (χ2n) is 5.21. The normalized spacial score (nSPS) is 21.9. The van der Waals surface area contributed by atoms with Gasteiger partial charge in [-0.05, 0) is 36.8 Å². The molecule has 2 unspecified atom stereocenters. The van der Waals surface area contributed by atoms with Crippen LogP contribution in [0.1, 0.15) is 37.8 Å². The Morgan fingerprint density at radius 2 is 1.95 bits per heavy atom. The summed E-state index contributed by atoms with van der Waals surface area (Å²) in [5.74, 6) is -0.0449. The number of carbonyl (C=O) groups excluding carboxylic acids is 1. The highest BCUT2D eigenvalue weighted by Gasteiger charge is 2.30. The number of hydrogen-bond acceptors (Lipinski definition) is 3. The van der Waals surface area contributed by atoms with E-state index in [9.17, 15) is 4.79 Å². The number of nitrogens with one attached hydrogen (secondary N) is 1. The second-order valence-corrected chi connectivity index (χ2v) is 5.21. The molecule has 110 valence electrons. The van der Waals surface area contributed by atoms with Gasteiger partial charge in [0.1, 0.15) is 6.10 Å². The molecular weight excluding hydrogens is 252 g/mol. The summed E-state index contributed by atoms with van der Waals surface area (Å²) < 4.78 is 5.65. The first-order chi connectivity index (χ1) is 9.69. The Morgan fingerprint density at radius 1 is 1.30 bits per heavy atom. The van der Waals surface area contributed by atoms with Crippen LogP contribution in [0.15, 0.2) is 18.2 Å². The van der Waals surface area contributed by atoms with Crippen molar-refractivity contribution in [2.45, 2.75) is 51.7 Å². The van der Waals surface area contributed by atoms with E-state index in [4.69, 9.17) is 10.5 Å². The molecule has 1 aliphatic heterocycles. The molecule has 1 heterocycles. The molecule has 4 heteroatoms. The zero-order valence-electron chi connectivity index (χ0n) is 12.3. The smallest absolute Gasteiger partial charge is 0.253 e. The van der Waals surface area contributed by atoms with E-state index < -0.39 is 0 Å². The highest BCUT2D eigenvalue weighted by Crippen LogP contribution is 2.25. The van der Waals surface area contributed by atoms with Gasteiger partial charge in [-0.2, -0.15) is 0 Å². The van der Waals surface area contributed by atoms with Crippen molar-refractivity contribution < 1.29 is 9.53 Å². The lowest BCUT2D eigenvalue weighted by Crippen LogP contribution is -2.30. The monoisotopic (exact) mass is 276 g/mol. The van der Waals surface area contributed by atoms with Crippen molar-refractivity contribution in [2.24, 2.45) is 5.73 Å². The third kappa shape index (κ3) is 3.19. The van der Waals surface area contributed by atoms with E-state index in [0.717, 1.165) is 31.4 Å². The fraction of sp³-hybridized carbons (Fsp3) is 0.562. The van der Waals surface area contributed by atoms with Gasteiger partial charge in [-0.1, -0.05) is 32.0 Å². The maximum atomic E-state index is 12.3. The van der Waals surface area contributed by atoms with Gasteiger partial charge in [0.05, 0.1) is 6.10 Å². The number of carbonyl (C=O) groups is 1. The lowest BCUT2D eigenvalue weighted by Gasteiger charge is -2.17. The van der Waals surface area contributed by atoms with Crippen LogP contribution in [0.2, 0.25) is 0 Å². The number of para-hydroxylation sites is 1. The number of aryl methyl sites for hydroxylation is 2. The van der Waals surface area contributed by atoms with Crippen LogP contribution in [0.5, 0.6) is 0 Å². The minimum absolute atomic E-state index is 0.0258. The van der Waals surface area contributed by atoms with Crippen LogP contribution in [0.25, 0.3) is 0 Å². The molecule has 0 aromatic heterocycles. The van der Waals surface area contributed by atoms with Crippen LogP contribution in [0.4, 0.5) is 5.69 Å². The topological polar surface area (TPSA) is 64.4 Å². The predicted octanol–water partition coefficient (Wildman–Crippen LogP) is 2.26. The summed E-state index contributed by atoms with van der Waals surface area (Å²) in [7, 11) is 0. The van der Waals surface area contributed by atoms with E-state index in [2.05, 4.69) is 31.3 Å². The summed E-state index contributed by atoms with van der Waals surface area (Å²) in [5.41, 5.74) is 8.89. The molecule has 0 spiro atoms. The van der Waals surface area contributed by atoms with E-state index in [1.807, 2.05) is 6.07 Å². The van der Waals surface area contributed by atoms with E-state index in [1.165, 1.54) is 11.1 Å². The van der Waals surface area contributed by atoms with Crippen molar-refractivity contribution in [3.05, 3.63) is 29.3 Å². The Balaban J connectivity index is 2.11. The summed E-state index contributed by atoms with van der Waals surface area (Å²) >= 11 is 0. The lowest BCUT2D eigenvalue weighted by atomic mass is 10.0. The molecule has 1 aromatic rings. The third-order valence-corrected chi connectivity index (χ3v) is 3.91. The van der Waals surface area contributed by atoms with Crippen LogP contribution in [0, 0.1) is 0 Å². The molecule has 1 fully saturated rings. The Labute approximate surface area is 120 Å². The molecule has 0 radical (unpaired) electrons. The minimum atomic E-state index is -0.363. The quantitative estimate of drug-likeness (QED) is 0.867. The molecular formula is C16H24N2O2. The molecule has 2 rings (SSSR count). The summed E-state index contributed by atoms with van der Waals surface area (Å²) in [6.45, 7) is 4.68. The molecule has 2 atom stereocenters. The summed E-state index contributed by atoms with van der Waals surface area (Å²) in [6, 6.07) is 6.17. The van der Waals surface area contributed by atoms with Gasteiger partial charge in [-0.15, -0.1) is 0 Å². The first-order valence-electron chi connectivity index (χ1n) is 7.46. The van der Waals surface area contributed by atoms with Gasteiger partial charge < -0.3 is 15.8 Å². The van der Waals surface area contributed by atoms with Crippen LogP contribution in [0.3, 0.4) is 0 Å². The van der Waals surface area contributed by atoms with Gasteiger partial charge in [-0.3, -0.25) is 4.79 Å². The van der Waals surface area contributed by atoms with E-state index in [-0.39, 0.29) is 18.1 Å². The Hall–Kier alpha value is -1.39. The SMILES string of the molecule is CCc1cccc(CC)c1NC(=O)C1CCC(CN)O1. The Morgan fingerprint density at radius 3 is 2.45 bits per heavy atom. The Kier molecular flexibility index (Phi) is 5.15. The summed E-state index contributed by atoms with van der Waals surface area (Å²) in [5, 5.41) is 3.06. The largest absolute Gasteiger partial charge is 0.364 e. The van der Waals surface area contributed by atoms with Crippen molar-refractivity contribution in [1.82, 2.24) is 0 Å². The predicted molar refractivity (Wildman–Crippen MR) is 80.8 cm³/mol. The number of benzene rings is 1. The number of hydrogen-bond donors (Lipinski definition) is 2. The standard InChI is InChI=1S/C16H24N2O2/c1-3-11-6-5-7-12(4-2)15(11)18-16(19)14-9-8-13(10-17)20-14/h5-7,13-14H,3-4,8-10,17H2,1-2H3,(H,18,19). The van der Waals surface area contributed by atoms with Crippen molar-refractivity contribution in [3.63, 3.8) is 0 Å². The van der Waals surface area contributed by atoms with Gasteiger partial charge in [0.2, 0.25) is 0 Å². The number of amides is 1. The van der Waals surface area contributed by atoms with Crippen molar-refractivity contribution >= 4 is 11.6 Å². The van der Waals surface area contributed by atoms with Crippen molar-refractivity contribution in [2.75, 3.05) is 11.9 Å². The van der Waals surface area contributed by atoms with Gasteiger partial charge >= 0.3 is 0 Å². The molecule has 1 saturated heterocycles. The van der Waals surface area contributed by atoms with Crippen LogP contribution >= 0.6 is 0 Å². The lowest BCUT2D eigenvalue weighted by molar-refractivity contribution is -0.126. The maximum Gasteiger partial charge on any atom is 0.253 e. The third-order valence-electron chi connectivity index (χ3n) is 3.91. The van der Waals surface area contributed by atoms with Crippen molar-refractivity contribution in [3.8, 4) is 0 Å². The molecule has 1 aromatic carbocycles. The minimum Gasteiger partial charge on any atom is -0.364 e. The highest BCUT2D eigenvalue weighted by molar-refractivity contribution is 5.95. The van der Waals surface area contributed by atoms with Gasteiger partial charge in [0.25, 0.3) is 5.91 Å². The molecule has 0 bridgehead atoms. The second kappa shape index (κ2) is 6.86. The van der Waals surface area contributed by atoms with Crippen LogP contribution in [-0.4, -0.2) is 24.7 Å². The molecule has 1 amide bonds. The first-order valence-corrected chi connectivity index (χ1v) is 7.46. The maximum absolute atomic E-state index is 12.3. The van der Waals surface area contributed by atoms with Crippen LogP contribution < -0.4 is 11.1 Å². The molecule has 1 aliphatic rings. The molecule has 3 N–H and O–H groups in total.